The van der Waals surface area contributed by atoms with Crippen LogP contribution in [0.1, 0.15) is 21.5 Å². The molecule has 0 aliphatic carbocycles. The average Bonchev–Trinajstić information content (AvgIpc) is 2.84. The van der Waals surface area contributed by atoms with Gasteiger partial charge in [-0.1, -0.05) is 60.7 Å². The summed E-state index contributed by atoms with van der Waals surface area (Å²) in [5, 5.41) is 14.8. The second-order valence-electron chi connectivity index (χ2n) is 7.21. The van der Waals surface area contributed by atoms with Crippen LogP contribution in [0.15, 0.2) is 90.6 Å². The maximum atomic E-state index is 13.1. The van der Waals surface area contributed by atoms with Crippen LogP contribution in [0.25, 0.3) is 6.08 Å². The Morgan fingerprint density at radius 1 is 0.909 bits per heavy atom. The van der Waals surface area contributed by atoms with Crippen molar-refractivity contribution in [3.63, 3.8) is 0 Å². The number of benzene rings is 3. The summed E-state index contributed by atoms with van der Waals surface area (Å²) in [6.07, 6.45) is 1.58. The minimum Gasteiger partial charge on any atom is -0.497 e. The molecule has 0 saturated carbocycles. The van der Waals surface area contributed by atoms with Crippen LogP contribution in [0.3, 0.4) is 0 Å². The molecule has 3 N–H and O–H groups in total. The van der Waals surface area contributed by atoms with Gasteiger partial charge in [0, 0.05) is 12.0 Å². The second kappa shape index (κ2) is 11.3. The van der Waals surface area contributed by atoms with E-state index in [1.54, 1.807) is 86.0 Å². The van der Waals surface area contributed by atoms with Gasteiger partial charge in [0.2, 0.25) is 0 Å². The average molecular weight is 444 g/mol. The number of hydrogen-bond acceptors (Lipinski definition) is 4. The summed E-state index contributed by atoms with van der Waals surface area (Å²) in [5.41, 5.74) is 1.68. The van der Waals surface area contributed by atoms with Gasteiger partial charge in [-0.25, -0.2) is 4.79 Å². The monoisotopic (exact) mass is 444 g/mol. The Balaban J connectivity index is 1.85. The van der Waals surface area contributed by atoms with Crippen molar-refractivity contribution >= 4 is 23.9 Å². The largest absolute Gasteiger partial charge is 0.497 e. The van der Waals surface area contributed by atoms with Gasteiger partial charge in [-0.2, -0.15) is 0 Å². The molecule has 1 unspecified atom stereocenters. The first-order valence-electron chi connectivity index (χ1n) is 10.3. The zero-order valence-corrected chi connectivity index (χ0v) is 18.0. The van der Waals surface area contributed by atoms with E-state index in [0.29, 0.717) is 16.9 Å². The Morgan fingerprint density at radius 2 is 1.52 bits per heavy atom. The number of carbonyl (C=O) groups is 3. The molecule has 0 aliphatic rings. The van der Waals surface area contributed by atoms with Crippen LogP contribution in [0.5, 0.6) is 5.75 Å². The molecule has 168 valence electrons. The number of carboxylic acids is 1. The molecule has 7 heteroatoms. The van der Waals surface area contributed by atoms with Gasteiger partial charge in [-0.05, 0) is 41.5 Å². The highest BCUT2D eigenvalue weighted by atomic mass is 16.5. The van der Waals surface area contributed by atoms with Crippen LogP contribution >= 0.6 is 0 Å². The molecule has 2 amide bonds. The van der Waals surface area contributed by atoms with Crippen molar-refractivity contribution in [1.82, 2.24) is 10.6 Å². The lowest BCUT2D eigenvalue weighted by atomic mass is 10.1. The van der Waals surface area contributed by atoms with Crippen molar-refractivity contribution in [1.29, 1.82) is 0 Å². The Kier molecular flexibility index (Phi) is 7.96. The van der Waals surface area contributed by atoms with Gasteiger partial charge in [-0.15, -0.1) is 0 Å². The standard InChI is InChI=1S/C26H24N2O5/c1-33-21-14-12-19(13-15-21)16-22(27-24(29)20-10-6-3-7-11-20)25(30)28-23(26(31)32)17-18-8-4-2-5-9-18/h2-16,23H,17H2,1H3,(H,27,29)(H,28,30)(H,31,32). The fourth-order valence-electron chi connectivity index (χ4n) is 3.10. The quantitative estimate of drug-likeness (QED) is 0.440. The summed E-state index contributed by atoms with van der Waals surface area (Å²) in [5.74, 6) is -1.73. The molecule has 0 spiro atoms. The molecule has 0 radical (unpaired) electrons. The number of carbonyl (C=O) groups excluding carboxylic acids is 2. The van der Waals surface area contributed by atoms with Gasteiger partial charge in [0.05, 0.1) is 7.11 Å². The van der Waals surface area contributed by atoms with Crippen LogP contribution in [0.4, 0.5) is 0 Å². The van der Waals surface area contributed by atoms with E-state index < -0.39 is 23.8 Å². The lowest BCUT2D eigenvalue weighted by Crippen LogP contribution is -2.45. The van der Waals surface area contributed by atoms with E-state index in [1.807, 2.05) is 6.07 Å². The van der Waals surface area contributed by atoms with E-state index in [1.165, 1.54) is 6.08 Å². The molecule has 0 bridgehead atoms. The van der Waals surface area contributed by atoms with Gasteiger partial charge in [0.25, 0.3) is 11.8 Å². The van der Waals surface area contributed by atoms with Crippen molar-refractivity contribution < 1.29 is 24.2 Å². The minimum absolute atomic E-state index is 0.0756. The number of ether oxygens (including phenoxy) is 1. The molecular formula is C26H24N2O5. The van der Waals surface area contributed by atoms with Crippen LogP contribution < -0.4 is 15.4 Å². The molecular weight excluding hydrogens is 420 g/mol. The van der Waals surface area contributed by atoms with E-state index >= 15 is 0 Å². The number of aliphatic carboxylic acids is 1. The molecule has 3 aromatic rings. The summed E-state index contributed by atoms with van der Waals surface area (Å²) < 4.78 is 5.14. The van der Waals surface area contributed by atoms with Gasteiger partial charge in [0.15, 0.2) is 0 Å². The molecule has 33 heavy (non-hydrogen) atoms. The molecule has 1 atom stereocenters. The molecule has 0 aromatic heterocycles. The van der Waals surface area contributed by atoms with Crippen molar-refractivity contribution in [3.8, 4) is 5.75 Å². The van der Waals surface area contributed by atoms with E-state index in [2.05, 4.69) is 10.6 Å². The topological polar surface area (TPSA) is 105 Å². The van der Waals surface area contributed by atoms with Crippen LogP contribution in [-0.4, -0.2) is 36.0 Å². The third-order valence-electron chi connectivity index (χ3n) is 4.84. The summed E-state index contributed by atoms with van der Waals surface area (Å²) in [6.45, 7) is 0. The van der Waals surface area contributed by atoms with Gasteiger partial charge in [-0.3, -0.25) is 9.59 Å². The molecule has 0 heterocycles. The van der Waals surface area contributed by atoms with E-state index in [4.69, 9.17) is 4.74 Å². The third-order valence-corrected chi connectivity index (χ3v) is 4.84. The zero-order chi connectivity index (χ0) is 23.6. The summed E-state index contributed by atoms with van der Waals surface area (Å²) in [4.78, 5) is 37.6. The summed E-state index contributed by atoms with van der Waals surface area (Å²) in [6, 6.07) is 23.1. The maximum Gasteiger partial charge on any atom is 0.326 e. The number of carboxylic acid groups (broad SMARTS) is 1. The first-order chi connectivity index (χ1) is 16.0. The maximum absolute atomic E-state index is 13.1. The Labute approximate surface area is 191 Å². The smallest absolute Gasteiger partial charge is 0.326 e. The van der Waals surface area contributed by atoms with Gasteiger partial charge < -0.3 is 20.5 Å². The number of methoxy groups -OCH3 is 1. The van der Waals surface area contributed by atoms with Crippen molar-refractivity contribution in [2.45, 2.75) is 12.5 Å². The van der Waals surface area contributed by atoms with Crippen molar-refractivity contribution in [2.75, 3.05) is 7.11 Å². The van der Waals surface area contributed by atoms with Crippen molar-refractivity contribution in [3.05, 3.63) is 107 Å². The van der Waals surface area contributed by atoms with Crippen LogP contribution in [0, 0.1) is 0 Å². The fourth-order valence-corrected chi connectivity index (χ4v) is 3.10. The molecule has 0 saturated heterocycles. The normalized spacial score (nSPS) is 11.8. The van der Waals surface area contributed by atoms with E-state index in [0.717, 1.165) is 5.56 Å². The second-order valence-corrected chi connectivity index (χ2v) is 7.21. The molecule has 3 aromatic carbocycles. The summed E-state index contributed by atoms with van der Waals surface area (Å²) >= 11 is 0. The van der Waals surface area contributed by atoms with Gasteiger partial charge in [0.1, 0.15) is 17.5 Å². The minimum atomic E-state index is -1.18. The Bertz CT molecular complexity index is 1130. The number of hydrogen-bond donors (Lipinski definition) is 3. The fraction of sp³-hybridized carbons (Fsp3) is 0.115. The number of amides is 2. The van der Waals surface area contributed by atoms with E-state index in [-0.39, 0.29) is 12.1 Å². The SMILES string of the molecule is COc1ccc(C=C(NC(=O)c2ccccc2)C(=O)NC(Cc2ccccc2)C(=O)O)cc1. The Hall–Kier alpha value is -4.39. The highest BCUT2D eigenvalue weighted by Crippen LogP contribution is 2.14. The van der Waals surface area contributed by atoms with Crippen LogP contribution in [0.2, 0.25) is 0 Å². The highest BCUT2D eigenvalue weighted by Gasteiger charge is 2.23. The lowest BCUT2D eigenvalue weighted by Gasteiger charge is -2.17. The lowest BCUT2D eigenvalue weighted by molar-refractivity contribution is -0.141. The zero-order valence-electron chi connectivity index (χ0n) is 18.0. The first-order valence-corrected chi connectivity index (χ1v) is 10.3. The molecule has 0 aliphatic heterocycles. The number of rotatable bonds is 9. The van der Waals surface area contributed by atoms with E-state index in [9.17, 15) is 19.5 Å². The van der Waals surface area contributed by atoms with Gasteiger partial charge >= 0.3 is 5.97 Å². The predicted molar refractivity (Wildman–Crippen MR) is 125 cm³/mol. The molecule has 0 fully saturated rings. The summed E-state index contributed by atoms with van der Waals surface area (Å²) in [7, 11) is 1.54. The molecule has 7 nitrogen and oxygen atoms in total. The molecule has 3 rings (SSSR count). The number of nitrogens with one attached hydrogen (secondary N) is 2. The highest BCUT2D eigenvalue weighted by molar-refractivity contribution is 6.06. The Morgan fingerprint density at radius 3 is 2.09 bits per heavy atom. The van der Waals surface area contributed by atoms with Crippen molar-refractivity contribution in [2.24, 2.45) is 0 Å². The first kappa shape index (κ1) is 23.3. The predicted octanol–water partition coefficient (Wildman–Crippen LogP) is 3.28. The third kappa shape index (κ3) is 6.80. The van der Waals surface area contributed by atoms with Crippen LogP contribution in [-0.2, 0) is 16.0 Å².